The Morgan fingerprint density at radius 2 is 2.00 bits per heavy atom. The van der Waals surface area contributed by atoms with Crippen LogP contribution in [-0.2, 0) is 0 Å². The maximum Gasteiger partial charge on any atom is 0.270 e. The topological polar surface area (TPSA) is 72.2 Å². The van der Waals surface area contributed by atoms with E-state index in [2.05, 4.69) is 21.2 Å². The molecule has 0 saturated heterocycles. The zero-order valence-corrected chi connectivity index (χ0v) is 12.5. The average molecular weight is 353 g/mol. The average Bonchev–Trinajstić information content (AvgIpc) is 2.42. The molecule has 1 amide bonds. The first kappa shape index (κ1) is 15.1. The number of non-ortho nitro benzene ring substituents is 1. The highest BCUT2D eigenvalue weighted by Gasteiger charge is 2.17. The molecule has 7 heteroatoms. The van der Waals surface area contributed by atoms with Gasteiger partial charge >= 0.3 is 0 Å². The Labute approximate surface area is 128 Å². The molecule has 0 aromatic heterocycles. The molecule has 2 aromatic rings. The normalized spacial score (nSPS) is 10.2. The number of aryl methyl sites for hydroxylation is 1. The number of anilines is 1. The van der Waals surface area contributed by atoms with Crippen molar-refractivity contribution in [2.45, 2.75) is 6.92 Å². The monoisotopic (exact) mass is 352 g/mol. The van der Waals surface area contributed by atoms with Gasteiger partial charge in [0.15, 0.2) is 0 Å². The molecule has 0 atom stereocenters. The van der Waals surface area contributed by atoms with E-state index in [-0.39, 0.29) is 11.3 Å². The van der Waals surface area contributed by atoms with Gasteiger partial charge in [-0.3, -0.25) is 14.9 Å². The molecule has 2 aromatic carbocycles. The number of hydrogen-bond acceptors (Lipinski definition) is 3. The van der Waals surface area contributed by atoms with E-state index in [1.165, 1.54) is 0 Å². The van der Waals surface area contributed by atoms with Crippen molar-refractivity contribution in [3.8, 4) is 0 Å². The number of benzene rings is 2. The number of hydrogen-bond donors (Lipinski definition) is 1. The Morgan fingerprint density at radius 1 is 1.29 bits per heavy atom. The van der Waals surface area contributed by atoms with Crippen LogP contribution < -0.4 is 5.32 Å². The second-order valence-electron chi connectivity index (χ2n) is 4.33. The van der Waals surface area contributed by atoms with Crippen LogP contribution in [0.15, 0.2) is 40.9 Å². The van der Waals surface area contributed by atoms with E-state index in [0.29, 0.717) is 5.69 Å². The highest BCUT2D eigenvalue weighted by Crippen LogP contribution is 2.22. The van der Waals surface area contributed by atoms with Crippen molar-refractivity contribution in [3.63, 3.8) is 0 Å². The molecule has 108 valence electrons. The number of carbonyl (C=O) groups excluding carboxylic acids is 1. The summed E-state index contributed by atoms with van der Waals surface area (Å²) in [5.41, 5.74) is 0.582. The van der Waals surface area contributed by atoms with E-state index in [1.54, 1.807) is 25.1 Å². The lowest BCUT2D eigenvalue weighted by Gasteiger charge is -2.09. The highest BCUT2D eigenvalue weighted by atomic mass is 79.9. The van der Waals surface area contributed by atoms with Crippen LogP contribution in [0, 0.1) is 22.9 Å². The number of nitro benzene ring substituents is 1. The van der Waals surface area contributed by atoms with Crippen LogP contribution in [0.5, 0.6) is 0 Å². The van der Waals surface area contributed by atoms with Crippen LogP contribution in [0.1, 0.15) is 15.9 Å². The highest BCUT2D eigenvalue weighted by molar-refractivity contribution is 9.10. The third-order valence-electron chi connectivity index (χ3n) is 2.84. The first-order valence-electron chi connectivity index (χ1n) is 5.90. The fraction of sp³-hybridized carbons (Fsp3) is 0.0714. The van der Waals surface area contributed by atoms with E-state index in [0.717, 1.165) is 28.2 Å². The molecule has 0 saturated carbocycles. The molecular weight excluding hydrogens is 343 g/mol. The number of rotatable bonds is 3. The van der Waals surface area contributed by atoms with Gasteiger partial charge in [0.25, 0.3) is 11.6 Å². The molecule has 0 heterocycles. The van der Waals surface area contributed by atoms with Gasteiger partial charge in [0, 0.05) is 22.3 Å². The third-order valence-corrected chi connectivity index (χ3v) is 3.34. The van der Waals surface area contributed by atoms with Crippen molar-refractivity contribution in [1.29, 1.82) is 0 Å². The standard InChI is InChI=1S/C14H10BrFN2O3/c1-8-6-9(15)2-5-13(8)17-14(19)11-7-10(18(20)21)3-4-12(11)16/h2-7H,1H3,(H,17,19). The lowest BCUT2D eigenvalue weighted by atomic mass is 10.1. The number of nitrogens with one attached hydrogen (secondary N) is 1. The zero-order valence-electron chi connectivity index (χ0n) is 10.9. The molecule has 0 aliphatic heterocycles. The Hall–Kier alpha value is -2.28. The summed E-state index contributed by atoms with van der Waals surface area (Å²) in [7, 11) is 0. The molecule has 0 unspecified atom stereocenters. The number of halogens is 2. The Balaban J connectivity index is 2.32. The second kappa shape index (κ2) is 6.01. The minimum atomic E-state index is -0.812. The van der Waals surface area contributed by atoms with Gasteiger partial charge in [-0.05, 0) is 36.8 Å². The number of carbonyl (C=O) groups is 1. The number of nitro groups is 1. The van der Waals surface area contributed by atoms with E-state index < -0.39 is 16.6 Å². The van der Waals surface area contributed by atoms with Crippen LogP contribution in [0.3, 0.4) is 0 Å². The summed E-state index contributed by atoms with van der Waals surface area (Å²) in [5.74, 6) is -1.55. The minimum absolute atomic E-state index is 0.339. The fourth-order valence-electron chi connectivity index (χ4n) is 1.76. The molecule has 0 spiro atoms. The lowest BCUT2D eigenvalue weighted by molar-refractivity contribution is -0.384. The number of nitrogens with zero attached hydrogens (tertiary/aromatic N) is 1. The Kier molecular flexibility index (Phi) is 4.32. The summed E-state index contributed by atoms with van der Waals surface area (Å²) in [6.45, 7) is 1.78. The maximum atomic E-state index is 13.7. The molecule has 1 N–H and O–H groups in total. The maximum absolute atomic E-state index is 13.7. The van der Waals surface area contributed by atoms with Gasteiger partial charge in [-0.25, -0.2) is 4.39 Å². The quantitative estimate of drug-likeness (QED) is 0.668. The van der Waals surface area contributed by atoms with Crippen LogP contribution in [0.2, 0.25) is 0 Å². The molecule has 0 aliphatic rings. The van der Waals surface area contributed by atoms with Crippen LogP contribution in [-0.4, -0.2) is 10.8 Å². The van der Waals surface area contributed by atoms with E-state index >= 15 is 0 Å². The van der Waals surface area contributed by atoms with Gasteiger partial charge in [-0.2, -0.15) is 0 Å². The summed E-state index contributed by atoms with van der Waals surface area (Å²) in [6.07, 6.45) is 0. The van der Waals surface area contributed by atoms with Gasteiger partial charge in [-0.1, -0.05) is 15.9 Å². The van der Waals surface area contributed by atoms with Crippen molar-refractivity contribution in [3.05, 3.63) is 67.9 Å². The third kappa shape index (κ3) is 3.43. The first-order chi connectivity index (χ1) is 9.88. The predicted molar refractivity (Wildman–Crippen MR) is 79.9 cm³/mol. The first-order valence-corrected chi connectivity index (χ1v) is 6.69. The molecule has 0 aliphatic carbocycles. The van der Waals surface area contributed by atoms with Crippen molar-refractivity contribution in [2.24, 2.45) is 0 Å². The SMILES string of the molecule is Cc1cc(Br)ccc1NC(=O)c1cc([N+](=O)[O-])ccc1F. The molecule has 0 radical (unpaired) electrons. The molecule has 21 heavy (non-hydrogen) atoms. The largest absolute Gasteiger partial charge is 0.322 e. The Bertz CT molecular complexity index is 734. The summed E-state index contributed by atoms with van der Waals surface area (Å²) in [4.78, 5) is 22.1. The van der Waals surface area contributed by atoms with Crippen LogP contribution >= 0.6 is 15.9 Å². The number of amides is 1. The van der Waals surface area contributed by atoms with Crippen molar-refractivity contribution >= 4 is 33.2 Å². The molecule has 2 rings (SSSR count). The molecule has 0 fully saturated rings. The van der Waals surface area contributed by atoms with Gasteiger partial charge in [0.2, 0.25) is 0 Å². The van der Waals surface area contributed by atoms with E-state index in [1.807, 2.05) is 0 Å². The second-order valence-corrected chi connectivity index (χ2v) is 5.25. The fourth-order valence-corrected chi connectivity index (χ4v) is 2.23. The summed E-state index contributed by atoms with van der Waals surface area (Å²) >= 11 is 3.30. The van der Waals surface area contributed by atoms with Crippen LogP contribution in [0.25, 0.3) is 0 Å². The van der Waals surface area contributed by atoms with Gasteiger partial charge in [0.1, 0.15) is 5.82 Å². The van der Waals surface area contributed by atoms with Gasteiger partial charge in [-0.15, -0.1) is 0 Å². The lowest BCUT2D eigenvalue weighted by Crippen LogP contribution is -2.14. The van der Waals surface area contributed by atoms with Gasteiger partial charge in [0.05, 0.1) is 10.5 Å². The Morgan fingerprint density at radius 3 is 2.62 bits per heavy atom. The molecular formula is C14H10BrFN2O3. The summed E-state index contributed by atoms with van der Waals surface area (Å²) in [5, 5.41) is 13.2. The van der Waals surface area contributed by atoms with Crippen molar-refractivity contribution in [2.75, 3.05) is 5.32 Å². The van der Waals surface area contributed by atoms with Crippen molar-refractivity contribution in [1.82, 2.24) is 0 Å². The van der Waals surface area contributed by atoms with Crippen molar-refractivity contribution < 1.29 is 14.1 Å². The van der Waals surface area contributed by atoms with E-state index in [4.69, 9.17) is 0 Å². The molecule has 0 bridgehead atoms. The summed E-state index contributed by atoms with van der Waals surface area (Å²) in [6, 6.07) is 8.01. The smallest absolute Gasteiger partial charge is 0.270 e. The predicted octanol–water partition coefficient (Wildman–Crippen LogP) is 4.06. The summed E-state index contributed by atoms with van der Waals surface area (Å²) < 4.78 is 14.5. The van der Waals surface area contributed by atoms with E-state index in [9.17, 15) is 19.3 Å². The minimum Gasteiger partial charge on any atom is -0.322 e. The molecule has 5 nitrogen and oxygen atoms in total. The van der Waals surface area contributed by atoms with Crippen LogP contribution in [0.4, 0.5) is 15.8 Å². The van der Waals surface area contributed by atoms with Gasteiger partial charge < -0.3 is 5.32 Å². The zero-order chi connectivity index (χ0) is 15.6.